The quantitative estimate of drug-likeness (QED) is 0.389. The van der Waals surface area contributed by atoms with Gasteiger partial charge < -0.3 is 15.2 Å². The number of rotatable bonds is 7. The molecule has 7 heteroatoms. The first-order valence-corrected chi connectivity index (χ1v) is 8.14. The molecule has 1 heterocycles. The maximum atomic E-state index is 5.09. The lowest BCUT2D eigenvalue weighted by Crippen LogP contribution is -2.42. The zero-order chi connectivity index (χ0) is 16.6. The van der Waals surface area contributed by atoms with Crippen LogP contribution in [0, 0.1) is 12.3 Å². The molecule has 0 aliphatic heterocycles. The molecule has 1 atom stereocenters. The number of halogens is 1. The van der Waals surface area contributed by atoms with E-state index in [1.54, 1.807) is 0 Å². The van der Waals surface area contributed by atoms with E-state index in [1.807, 2.05) is 6.92 Å². The van der Waals surface area contributed by atoms with E-state index in [4.69, 9.17) is 4.52 Å². The molecule has 2 N–H and O–H groups in total. The zero-order valence-corrected chi connectivity index (χ0v) is 17.6. The van der Waals surface area contributed by atoms with Crippen molar-refractivity contribution < 1.29 is 4.52 Å². The smallest absolute Gasteiger partial charge is 0.228 e. The molecule has 6 nitrogen and oxygen atoms in total. The maximum absolute atomic E-state index is 5.09. The fraction of sp³-hybridized carbons (Fsp3) is 0.812. The summed E-state index contributed by atoms with van der Waals surface area (Å²) in [6.45, 7) is 14.4. The van der Waals surface area contributed by atoms with E-state index in [0.717, 1.165) is 18.9 Å². The molecule has 0 radical (unpaired) electrons. The molecule has 23 heavy (non-hydrogen) atoms. The molecule has 0 spiro atoms. The summed E-state index contributed by atoms with van der Waals surface area (Å²) in [5.74, 6) is 2.15. The summed E-state index contributed by atoms with van der Waals surface area (Å²) in [5.41, 5.74) is 0.362. The Bertz CT molecular complexity index is 467. The van der Waals surface area contributed by atoms with Crippen molar-refractivity contribution in [1.82, 2.24) is 20.8 Å². The van der Waals surface area contributed by atoms with Crippen molar-refractivity contribution in [3.05, 3.63) is 11.7 Å². The van der Waals surface area contributed by atoms with Crippen molar-refractivity contribution in [2.75, 3.05) is 13.1 Å². The van der Waals surface area contributed by atoms with Crippen LogP contribution < -0.4 is 10.6 Å². The third-order valence-electron chi connectivity index (χ3n) is 3.22. The van der Waals surface area contributed by atoms with E-state index < -0.39 is 0 Å². The van der Waals surface area contributed by atoms with Crippen molar-refractivity contribution in [2.24, 2.45) is 10.4 Å². The Labute approximate surface area is 157 Å². The monoisotopic (exact) mass is 437 g/mol. The molecule has 0 saturated carbocycles. The van der Waals surface area contributed by atoms with Crippen LogP contribution in [0.15, 0.2) is 9.52 Å². The van der Waals surface area contributed by atoms with Crippen LogP contribution in [0.2, 0.25) is 0 Å². The van der Waals surface area contributed by atoms with Crippen LogP contribution in [0.25, 0.3) is 0 Å². The van der Waals surface area contributed by atoms with Gasteiger partial charge >= 0.3 is 0 Å². The summed E-state index contributed by atoms with van der Waals surface area (Å²) in [4.78, 5) is 8.75. The fourth-order valence-electron chi connectivity index (χ4n) is 1.98. The predicted molar refractivity (Wildman–Crippen MR) is 105 cm³/mol. The minimum absolute atomic E-state index is 0. The third kappa shape index (κ3) is 10.5. The highest BCUT2D eigenvalue weighted by molar-refractivity contribution is 14.0. The second kappa shape index (κ2) is 10.8. The number of hydrogen-bond acceptors (Lipinski definition) is 4. The van der Waals surface area contributed by atoms with Crippen molar-refractivity contribution in [3.8, 4) is 0 Å². The Morgan fingerprint density at radius 1 is 1.35 bits per heavy atom. The standard InChI is InChI=1S/C16H31N5O.HI/c1-7-17-15(19-12(2)8-10-16(4,5)6)18-11-9-14-20-13(3)21-22-14;/h12H,7-11H2,1-6H3,(H2,17,18,19);1H. The highest BCUT2D eigenvalue weighted by Crippen LogP contribution is 2.21. The normalized spacial score (nSPS) is 13.4. The zero-order valence-electron chi connectivity index (χ0n) is 15.3. The molecule has 0 saturated heterocycles. The largest absolute Gasteiger partial charge is 0.357 e. The van der Waals surface area contributed by atoms with E-state index >= 15 is 0 Å². The minimum atomic E-state index is 0. The van der Waals surface area contributed by atoms with Gasteiger partial charge in [-0.05, 0) is 39.0 Å². The van der Waals surface area contributed by atoms with Crippen LogP contribution in [0.4, 0.5) is 0 Å². The summed E-state index contributed by atoms with van der Waals surface area (Å²) in [6.07, 6.45) is 2.96. The highest BCUT2D eigenvalue weighted by atomic mass is 127. The molecule has 1 unspecified atom stereocenters. The number of aliphatic imine (C=N–C) groups is 1. The Morgan fingerprint density at radius 2 is 2.04 bits per heavy atom. The van der Waals surface area contributed by atoms with Crippen molar-refractivity contribution in [2.45, 2.75) is 66.8 Å². The van der Waals surface area contributed by atoms with E-state index in [9.17, 15) is 0 Å². The summed E-state index contributed by atoms with van der Waals surface area (Å²) >= 11 is 0. The molecule has 0 fully saturated rings. The Morgan fingerprint density at radius 3 is 2.57 bits per heavy atom. The van der Waals surface area contributed by atoms with Gasteiger partial charge in [-0.3, -0.25) is 4.99 Å². The first kappa shape index (κ1) is 22.1. The van der Waals surface area contributed by atoms with Gasteiger partial charge in [-0.2, -0.15) is 4.98 Å². The van der Waals surface area contributed by atoms with Gasteiger partial charge in [-0.25, -0.2) is 0 Å². The SMILES string of the molecule is CCNC(=NCCc1nc(C)no1)NC(C)CCC(C)(C)C.I. The van der Waals surface area contributed by atoms with Gasteiger partial charge in [0.05, 0.1) is 6.54 Å². The number of guanidine groups is 1. The molecule has 134 valence electrons. The molecule has 0 bridgehead atoms. The van der Waals surface area contributed by atoms with Gasteiger partial charge in [-0.15, -0.1) is 24.0 Å². The minimum Gasteiger partial charge on any atom is -0.357 e. The number of aryl methyl sites for hydroxylation is 1. The Hall–Kier alpha value is -0.860. The maximum Gasteiger partial charge on any atom is 0.228 e. The average molecular weight is 437 g/mol. The number of aromatic nitrogens is 2. The van der Waals surface area contributed by atoms with Gasteiger partial charge in [0, 0.05) is 19.0 Å². The lowest BCUT2D eigenvalue weighted by atomic mass is 9.89. The number of nitrogens with zero attached hydrogens (tertiary/aromatic N) is 3. The topological polar surface area (TPSA) is 75.3 Å². The molecular formula is C16H32IN5O. The summed E-state index contributed by atoms with van der Waals surface area (Å²) in [7, 11) is 0. The molecule has 0 aliphatic carbocycles. The predicted octanol–water partition coefficient (Wildman–Crippen LogP) is 3.31. The van der Waals surface area contributed by atoms with Crippen molar-refractivity contribution >= 4 is 29.9 Å². The lowest BCUT2D eigenvalue weighted by Gasteiger charge is -2.23. The lowest BCUT2D eigenvalue weighted by molar-refractivity contribution is 0.346. The van der Waals surface area contributed by atoms with Gasteiger partial charge in [-0.1, -0.05) is 25.9 Å². The number of hydrogen-bond donors (Lipinski definition) is 2. The van der Waals surface area contributed by atoms with E-state index in [0.29, 0.717) is 36.1 Å². The van der Waals surface area contributed by atoms with Crippen LogP contribution in [0.5, 0.6) is 0 Å². The first-order chi connectivity index (χ1) is 10.3. The van der Waals surface area contributed by atoms with Gasteiger partial charge in [0.15, 0.2) is 11.8 Å². The first-order valence-electron chi connectivity index (χ1n) is 8.14. The molecule has 1 rings (SSSR count). The van der Waals surface area contributed by atoms with Crippen LogP contribution >= 0.6 is 24.0 Å². The van der Waals surface area contributed by atoms with Gasteiger partial charge in [0.2, 0.25) is 5.89 Å². The Balaban J connectivity index is 0.00000484. The molecule has 1 aromatic heterocycles. The molecular weight excluding hydrogens is 405 g/mol. The van der Waals surface area contributed by atoms with E-state index in [2.05, 4.69) is 60.4 Å². The van der Waals surface area contributed by atoms with E-state index in [-0.39, 0.29) is 24.0 Å². The average Bonchev–Trinajstić information content (AvgIpc) is 2.81. The van der Waals surface area contributed by atoms with Crippen LogP contribution in [-0.4, -0.2) is 35.2 Å². The molecule has 0 aliphatic rings. The van der Waals surface area contributed by atoms with Gasteiger partial charge in [0.1, 0.15) is 0 Å². The summed E-state index contributed by atoms with van der Waals surface area (Å²) in [6, 6.07) is 0.391. The molecule has 0 amide bonds. The van der Waals surface area contributed by atoms with Crippen LogP contribution in [-0.2, 0) is 6.42 Å². The highest BCUT2D eigenvalue weighted by Gasteiger charge is 2.13. The van der Waals surface area contributed by atoms with Crippen molar-refractivity contribution in [3.63, 3.8) is 0 Å². The third-order valence-corrected chi connectivity index (χ3v) is 3.22. The number of nitrogens with one attached hydrogen (secondary N) is 2. The van der Waals surface area contributed by atoms with Crippen LogP contribution in [0.1, 0.15) is 59.2 Å². The second-order valence-electron chi connectivity index (χ2n) is 6.89. The van der Waals surface area contributed by atoms with Gasteiger partial charge in [0.25, 0.3) is 0 Å². The second-order valence-corrected chi connectivity index (χ2v) is 6.89. The summed E-state index contributed by atoms with van der Waals surface area (Å²) in [5, 5.41) is 10.5. The molecule has 1 aromatic rings. The fourth-order valence-corrected chi connectivity index (χ4v) is 1.98. The molecule has 0 aromatic carbocycles. The Kier molecular flexibility index (Phi) is 10.4. The van der Waals surface area contributed by atoms with Crippen molar-refractivity contribution in [1.29, 1.82) is 0 Å². The van der Waals surface area contributed by atoms with Crippen LogP contribution in [0.3, 0.4) is 0 Å². The summed E-state index contributed by atoms with van der Waals surface area (Å²) < 4.78 is 5.09. The van der Waals surface area contributed by atoms with E-state index in [1.165, 1.54) is 6.42 Å².